The lowest BCUT2D eigenvalue weighted by Gasteiger charge is -2.30. The van der Waals surface area contributed by atoms with Crippen molar-refractivity contribution in [1.29, 1.82) is 0 Å². The van der Waals surface area contributed by atoms with Gasteiger partial charge in [0.15, 0.2) is 12.7 Å². The van der Waals surface area contributed by atoms with E-state index in [1.54, 1.807) is 0 Å². The van der Waals surface area contributed by atoms with E-state index in [9.17, 15) is 25.3 Å². The van der Waals surface area contributed by atoms with Gasteiger partial charge >= 0.3 is 5.79 Å². The van der Waals surface area contributed by atoms with Gasteiger partial charge in [-0.15, -0.1) is 0 Å². The molecule has 11 heteroatoms. The smallest absolute Gasteiger partial charge is 0.390 e. The molecule has 0 spiro atoms. The number of nitro groups is 2. The highest BCUT2D eigenvalue weighted by Crippen LogP contribution is 2.36. The molecular formula is C13H23N3O8. The second kappa shape index (κ2) is 8.12. The lowest BCUT2D eigenvalue weighted by Crippen LogP contribution is -2.57. The average molecular weight is 349 g/mol. The molecule has 11 nitrogen and oxygen atoms in total. The summed E-state index contributed by atoms with van der Waals surface area (Å²) >= 11 is 0. The Hall–Kier alpha value is -1.40. The Bertz CT molecular complexity index is 448. The van der Waals surface area contributed by atoms with Crippen molar-refractivity contribution < 1.29 is 29.4 Å². The summed E-state index contributed by atoms with van der Waals surface area (Å²) in [4.78, 5) is 31.3. The van der Waals surface area contributed by atoms with Crippen molar-refractivity contribution in [2.24, 2.45) is 0 Å². The van der Waals surface area contributed by atoms with E-state index >= 15 is 0 Å². The Kier molecular flexibility index (Phi) is 6.40. The van der Waals surface area contributed by atoms with Crippen LogP contribution in [0.1, 0.15) is 51.9 Å². The van der Waals surface area contributed by atoms with Gasteiger partial charge in [-0.1, -0.05) is 26.2 Å². The molecule has 0 aromatic heterocycles. The molecule has 138 valence electrons. The Morgan fingerprint density at radius 2 is 1.96 bits per heavy atom. The topological polar surface area (TPSA) is 137 Å². The molecular weight excluding hydrogens is 326 g/mol. The summed E-state index contributed by atoms with van der Waals surface area (Å²) in [7, 11) is 0. The molecule has 1 aliphatic carbocycles. The molecule has 0 amide bonds. The van der Waals surface area contributed by atoms with Crippen molar-refractivity contribution in [3.63, 3.8) is 0 Å². The predicted molar refractivity (Wildman–Crippen MR) is 78.3 cm³/mol. The highest BCUT2D eigenvalue weighted by atomic mass is 17.0. The van der Waals surface area contributed by atoms with Gasteiger partial charge in [0.1, 0.15) is 16.0 Å². The highest BCUT2D eigenvalue weighted by molar-refractivity contribution is 4.76. The Labute approximate surface area is 138 Å². The first kappa shape index (κ1) is 18.9. The first-order valence-corrected chi connectivity index (χ1v) is 8.14. The molecule has 2 fully saturated rings. The normalized spacial score (nSPS) is 30.3. The van der Waals surface area contributed by atoms with Gasteiger partial charge in [0.2, 0.25) is 0 Å². The number of aliphatic hydroxyl groups excluding tert-OH is 1. The van der Waals surface area contributed by atoms with E-state index < -0.39 is 40.6 Å². The van der Waals surface area contributed by atoms with Crippen LogP contribution in [0.4, 0.5) is 0 Å². The van der Waals surface area contributed by atoms with E-state index in [-0.39, 0.29) is 6.61 Å². The first-order valence-electron chi connectivity index (χ1n) is 8.14. The SMILES string of the molecule is CCCCOC1CC([N+](=O)[O-])([N+](=O)[O-])N(O[C@H]2CCCC[C@@H]2O)O1. The van der Waals surface area contributed by atoms with Crippen LogP contribution in [-0.4, -0.2) is 51.1 Å². The lowest BCUT2D eigenvalue weighted by atomic mass is 9.95. The maximum absolute atomic E-state index is 11.4. The third-order valence-corrected chi connectivity index (χ3v) is 4.23. The van der Waals surface area contributed by atoms with Crippen LogP contribution in [0.25, 0.3) is 0 Å². The fraction of sp³-hybridized carbons (Fsp3) is 1.00. The molecule has 0 aromatic carbocycles. The van der Waals surface area contributed by atoms with Crippen molar-refractivity contribution in [3.05, 3.63) is 20.2 Å². The Morgan fingerprint density at radius 3 is 2.54 bits per heavy atom. The maximum Gasteiger partial charge on any atom is 0.571 e. The maximum atomic E-state index is 11.4. The summed E-state index contributed by atoms with van der Waals surface area (Å²) in [5.41, 5.74) is 0. The van der Waals surface area contributed by atoms with Crippen LogP contribution in [0.2, 0.25) is 0 Å². The molecule has 2 aliphatic rings. The summed E-state index contributed by atoms with van der Waals surface area (Å²) in [5.74, 6) is -2.78. The summed E-state index contributed by atoms with van der Waals surface area (Å²) in [6.07, 6.45) is 0.643. The minimum Gasteiger partial charge on any atom is -0.390 e. The molecule has 0 radical (unpaired) electrons. The van der Waals surface area contributed by atoms with Crippen LogP contribution in [0.15, 0.2) is 0 Å². The zero-order chi connectivity index (χ0) is 17.7. The molecule has 1 saturated heterocycles. The van der Waals surface area contributed by atoms with Crippen LogP contribution in [0, 0.1) is 20.2 Å². The lowest BCUT2D eigenvalue weighted by molar-refractivity contribution is -0.852. The molecule has 2 rings (SSSR count). The van der Waals surface area contributed by atoms with Crippen LogP contribution in [-0.2, 0) is 14.4 Å². The molecule has 0 bridgehead atoms. The molecule has 3 atom stereocenters. The molecule has 1 heterocycles. The van der Waals surface area contributed by atoms with Crippen molar-refractivity contribution in [2.45, 2.75) is 76.2 Å². The number of rotatable bonds is 8. The van der Waals surface area contributed by atoms with E-state index in [2.05, 4.69) is 0 Å². The molecule has 1 unspecified atom stereocenters. The van der Waals surface area contributed by atoms with Gasteiger partial charge in [0.05, 0.1) is 11.3 Å². The van der Waals surface area contributed by atoms with E-state index in [1.807, 2.05) is 6.92 Å². The molecule has 1 saturated carbocycles. The summed E-state index contributed by atoms with van der Waals surface area (Å²) in [6.45, 7) is 2.21. The van der Waals surface area contributed by atoms with Crippen molar-refractivity contribution in [3.8, 4) is 0 Å². The third-order valence-electron chi connectivity index (χ3n) is 4.23. The van der Waals surface area contributed by atoms with Gasteiger partial charge in [0, 0.05) is 6.61 Å². The molecule has 1 N–H and O–H groups in total. The predicted octanol–water partition coefficient (Wildman–Crippen LogP) is 1.21. The second-order valence-electron chi connectivity index (χ2n) is 6.00. The molecule has 1 aliphatic heterocycles. The number of hydrogen-bond donors (Lipinski definition) is 1. The number of ether oxygens (including phenoxy) is 1. The number of hydroxylamine groups is 2. The van der Waals surface area contributed by atoms with Crippen LogP contribution in [0.3, 0.4) is 0 Å². The van der Waals surface area contributed by atoms with Gasteiger partial charge < -0.3 is 9.84 Å². The van der Waals surface area contributed by atoms with Crippen LogP contribution in [0.5, 0.6) is 0 Å². The van der Waals surface area contributed by atoms with Gasteiger partial charge in [-0.2, -0.15) is 0 Å². The standard InChI is InChI=1S/C13H23N3O8/c1-2-3-8-22-12-9-13(14(18)19,15(20)21)16(24-12)23-11-7-5-4-6-10(11)17/h10-12,17H,2-9H2,1H3/t10-,11-,12?/m0/s1. The van der Waals surface area contributed by atoms with Crippen molar-refractivity contribution in [1.82, 2.24) is 5.23 Å². The van der Waals surface area contributed by atoms with E-state index in [0.717, 1.165) is 19.3 Å². The number of unbranched alkanes of at least 4 members (excludes halogenated alkanes) is 1. The largest absolute Gasteiger partial charge is 0.571 e. The van der Waals surface area contributed by atoms with Crippen molar-refractivity contribution in [2.75, 3.05) is 6.61 Å². The zero-order valence-electron chi connectivity index (χ0n) is 13.5. The number of hydrogen-bond acceptors (Lipinski definition) is 9. The number of aliphatic hydroxyl groups is 1. The van der Waals surface area contributed by atoms with E-state index in [4.69, 9.17) is 14.4 Å². The monoisotopic (exact) mass is 349 g/mol. The van der Waals surface area contributed by atoms with Crippen LogP contribution >= 0.6 is 0 Å². The van der Waals surface area contributed by atoms with E-state index in [1.165, 1.54) is 0 Å². The van der Waals surface area contributed by atoms with Gasteiger partial charge in [-0.25, -0.2) is 4.84 Å². The van der Waals surface area contributed by atoms with Crippen molar-refractivity contribution >= 4 is 0 Å². The average Bonchev–Trinajstić information content (AvgIpc) is 2.89. The quantitative estimate of drug-likeness (QED) is 0.296. The number of nitrogens with zero attached hydrogens (tertiary/aromatic N) is 3. The van der Waals surface area contributed by atoms with Gasteiger partial charge in [-0.05, 0) is 19.3 Å². The minimum absolute atomic E-state index is 0.270. The molecule has 0 aromatic rings. The highest BCUT2D eigenvalue weighted by Gasteiger charge is 2.72. The van der Waals surface area contributed by atoms with Gasteiger partial charge in [-0.3, -0.25) is 25.1 Å². The fourth-order valence-electron chi connectivity index (χ4n) is 2.76. The first-order chi connectivity index (χ1) is 11.4. The van der Waals surface area contributed by atoms with E-state index in [0.29, 0.717) is 24.5 Å². The van der Waals surface area contributed by atoms with Gasteiger partial charge in [0.25, 0.3) is 0 Å². The summed E-state index contributed by atoms with van der Waals surface area (Å²) < 4.78 is 5.33. The minimum atomic E-state index is -2.78. The Morgan fingerprint density at radius 1 is 1.29 bits per heavy atom. The van der Waals surface area contributed by atoms with Crippen LogP contribution < -0.4 is 0 Å². The zero-order valence-corrected chi connectivity index (χ0v) is 13.5. The summed E-state index contributed by atoms with van der Waals surface area (Å²) in [6, 6.07) is 0. The Balaban J connectivity index is 2.13. The second-order valence-corrected chi connectivity index (χ2v) is 6.00. The molecule has 24 heavy (non-hydrogen) atoms. The fourth-order valence-corrected chi connectivity index (χ4v) is 2.76. The third kappa shape index (κ3) is 3.81. The summed E-state index contributed by atoms with van der Waals surface area (Å²) in [5, 5.41) is 33.1.